The molecule has 102 valence electrons. The molecule has 1 aromatic heterocycles. The van der Waals surface area contributed by atoms with Gasteiger partial charge in [0.05, 0.1) is 4.83 Å². The van der Waals surface area contributed by atoms with Crippen molar-refractivity contribution in [1.29, 1.82) is 0 Å². The van der Waals surface area contributed by atoms with Gasteiger partial charge in [0, 0.05) is 9.75 Å². The van der Waals surface area contributed by atoms with E-state index in [1.54, 1.807) is 23.5 Å². The molecule has 1 nitrogen and oxygen atoms in total. The van der Waals surface area contributed by atoms with Gasteiger partial charge in [-0.25, -0.2) is 0 Å². The second kappa shape index (κ2) is 6.01. The van der Waals surface area contributed by atoms with Gasteiger partial charge in [-0.2, -0.15) is 8.78 Å². The summed E-state index contributed by atoms with van der Waals surface area (Å²) >= 11 is 5.35. The van der Waals surface area contributed by atoms with E-state index in [0.717, 1.165) is 11.1 Å². The van der Waals surface area contributed by atoms with Gasteiger partial charge in [0.15, 0.2) is 0 Å². The Morgan fingerprint density at radius 2 is 1.95 bits per heavy atom. The lowest BCUT2D eigenvalue weighted by Gasteiger charge is -2.12. The zero-order valence-electron chi connectivity index (χ0n) is 10.5. The summed E-state index contributed by atoms with van der Waals surface area (Å²) in [4.78, 5) is 2.44. The molecule has 0 bridgehead atoms. The molecule has 0 saturated carbocycles. The Balaban J connectivity index is 2.28. The predicted molar refractivity (Wildman–Crippen MR) is 77.6 cm³/mol. The van der Waals surface area contributed by atoms with Crippen molar-refractivity contribution in [2.24, 2.45) is 0 Å². The van der Waals surface area contributed by atoms with Crippen LogP contribution in [0.2, 0.25) is 0 Å². The van der Waals surface area contributed by atoms with Crippen LogP contribution in [0.3, 0.4) is 0 Å². The molecule has 1 unspecified atom stereocenters. The SMILES string of the molecule is Cc1cc(C(Br)c2cccc(OC(F)F)c2)c(C)s1. The van der Waals surface area contributed by atoms with E-state index in [-0.39, 0.29) is 10.6 Å². The van der Waals surface area contributed by atoms with Gasteiger partial charge in [0.1, 0.15) is 5.75 Å². The Morgan fingerprint density at radius 3 is 2.53 bits per heavy atom. The second-order valence-electron chi connectivity index (χ2n) is 4.18. The lowest BCUT2D eigenvalue weighted by Crippen LogP contribution is -2.02. The number of thiophene rings is 1. The summed E-state index contributed by atoms with van der Waals surface area (Å²) in [6.07, 6.45) is 0. The standard InChI is InChI=1S/C14H13BrF2OS/c1-8-6-12(9(2)19-8)13(15)10-4-3-5-11(7-10)18-14(16)17/h3-7,13-14H,1-2H3. The number of benzene rings is 1. The van der Waals surface area contributed by atoms with E-state index >= 15 is 0 Å². The van der Waals surface area contributed by atoms with Crippen molar-refractivity contribution < 1.29 is 13.5 Å². The third kappa shape index (κ3) is 3.54. The highest BCUT2D eigenvalue weighted by Gasteiger charge is 2.16. The molecule has 19 heavy (non-hydrogen) atoms. The molecule has 2 aromatic rings. The number of rotatable bonds is 4. The maximum atomic E-state index is 12.2. The van der Waals surface area contributed by atoms with Crippen LogP contribution in [0.25, 0.3) is 0 Å². The fourth-order valence-corrected chi connectivity index (χ4v) is 3.81. The Kier molecular flexibility index (Phi) is 4.58. The van der Waals surface area contributed by atoms with Gasteiger partial charge in [-0.05, 0) is 43.2 Å². The molecule has 1 atom stereocenters. The summed E-state index contributed by atoms with van der Waals surface area (Å²) in [5, 5.41) is 0. The van der Waals surface area contributed by atoms with Crippen LogP contribution < -0.4 is 4.74 Å². The topological polar surface area (TPSA) is 9.23 Å². The van der Waals surface area contributed by atoms with Crippen LogP contribution in [0.4, 0.5) is 8.78 Å². The molecule has 0 radical (unpaired) electrons. The molecule has 1 aromatic carbocycles. The lowest BCUT2D eigenvalue weighted by molar-refractivity contribution is -0.0498. The number of ether oxygens (including phenoxy) is 1. The van der Waals surface area contributed by atoms with Crippen molar-refractivity contribution in [3.05, 3.63) is 51.2 Å². The Bertz CT molecular complexity index is 568. The fourth-order valence-electron chi connectivity index (χ4n) is 1.93. The number of aryl methyl sites for hydroxylation is 2. The zero-order valence-corrected chi connectivity index (χ0v) is 12.9. The van der Waals surface area contributed by atoms with Crippen molar-refractivity contribution in [1.82, 2.24) is 0 Å². The first-order valence-corrected chi connectivity index (χ1v) is 7.46. The van der Waals surface area contributed by atoms with E-state index in [1.807, 2.05) is 6.07 Å². The van der Waals surface area contributed by atoms with Crippen LogP contribution in [-0.2, 0) is 0 Å². The first kappa shape index (κ1) is 14.5. The minimum atomic E-state index is -2.80. The van der Waals surface area contributed by atoms with Crippen molar-refractivity contribution in [3.63, 3.8) is 0 Å². The molecular weight excluding hydrogens is 334 g/mol. The third-order valence-electron chi connectivity index (χ3n) is 2.73. The van der Waals surface area contributed by atoms with Crippen LogP contribution in [0, 0.1) is 13.8 Å². The van der Waals surface area contributed by atoms with Gasteiger partial charge < -0.3 is 4.74 Å². The van der Waals surface area contributed by atoms with Gasteiger partial charge in [-0.3, -0.25) is 0 Å². The largest absolute Gasteiger partial charge is 0.435 e. The maximum Gasteiger partial charge on any atom is 0.387 e. The molecule has 1 heterocycles. The monoisotopic (exact) mass is 346 g/mol. The summed E-state index contributed by atoms with van der Waals surface area (Å²) in [5.41, 5.74) is 2.07. The van der Waals surface area contributed by atoms with Gasteiger partial charge in [0.25, 0.3) is 0 Å². The highest BCUT2D eigenvalue weighted by atomic mass is 79.9. The summed E-state index contributed by atoms with van der Waals surface area (Å²) < 4.78 is 28.8. The maximum absolute atomic E-state index is 12.2. The normalized spacial score (nSPS) is 12.7. The summed E-state index contributed by atoms with van der Waals surface area (Å²) in [5.74, 6) is 0.182. The number of alkyl halides is 3. The minimum Gasteiger partial charge on any atom is -0.435 e. The van der Waals surface area contributed by atoms with Crippen LogP contribution in [0.5, 0.6) is 5.75 Å². The number of halogens is 3. The van der Waals surface area contributed by atoms with E-state index in [1.165, 1.54) is 15.8 Å². The molecule has 5 heteroatoms. The van der Waals surface area contributed by atoms with E-state index in [0.29, 0.717) is 0 Å². The first-order valence-electron chi connectivity index (χ1n) is 5.73. The summed E-state index contributed by atoms with van der Waals surface area (Å²) in [7, 11) is 0. The van der Waals surface area contributed by atoms with E-state index in [2.05, 4.69) is 40.6 Å². The average Bonchev–Trinajstić information content (AvgIpc) is 2.67. The van der Waals surface area contributed by atoms with Crippen molar-refractivity contribution >= 4 is 27.3 Å². The average molecular weight is 347 g/mol. The highest BCUT2D eigenvalue weighted by Crippen LogP contribution is 2.37. The first-order chi connectivity index (χ1) is 8.97. The molecular formula is C14H13BrF2OS. The number of hydrogen-bond acceptors (Lipinski definition) is 2. The Morgan fingerprint density at radius 1 is 1.21 bits per heavy atom. The molecule has 0 spiro atoms. The summed E-state index contributed by atoms with van der Waals surface area (Å²) in [6.45, 7) is 1.31. The predicted octanol–water partition coefficient (Wildman–Crippen LogP) is 5.45. The van der Waals surface area contributed by atoms with E-state index in [9.17, 15) is 8.78 Å². The van der Waals surface area contributed by atoms with Gasteiger partial charge in [0.2, 0.25) is 0 Å². The Hall–Kier alpha value is -0.940. The molecule has 0 saturated heterocycles. The quantitative estimate of drug-likeness (QED) is 0.668. The Labute approximate surface area is 123 Å². The summed E-state index contributed by atoms with van der Waals surface area (Å²) in [6, 6.07) is 8.89. The van der Waals surface area contributed by atoms with E-state index in [4.69, 9.17) is 0 Å². The van der Waals surface area contributed by atoms with Gasteiger partial charge >= 0.3 is 6.61 Å². The highest BCUT2D eigenvalue weighted by molar-refractivity contribution is 9.09. The van der Waals surface area contributed by atoms with Gasteiger partial charge in [-0.15, -0.1) is 11.3 Å². The molecule has 0 fully saturated rings. The molecule has 0 amide bonds. The lowest BCUT2D eigenvalue weighted by atomic mass is 10.1. The van der Waals surface area contributed by atoms with Crippen LogP contribution in [-0.4, -0.2) is 6.61 Å². The van der Waals surface area contributed by atoms with Crippen molar-refractivity contribution in [2.45, 2.75) is 25.3 Å². The zero-order chi connectivity index (χ0) is 14.0. The van der Waals surface area contributed by atoms with Gasteiger partial charge in [-0.1, -0.05) is 28.1 Å². The molecule has 2 rings (SSSR count). The van der Waals surface area contributed by atoms with Crippen LogP contribution in [0.1, 0.15) is 25.7 Å². The number of hydrogen-bond donors (Lipinski definition) is 0. The molecule has 0 aliphatic heterocycles. The second-order valence-corrected chi connectivity index (χ2v) is 6.56. The molecule has 0 aliphatic rings. The minimum absolute atomic E-state index is 0.0151. The molecule has 0 aliphatic carbocycles. The fraction of sp³-hybridized carbons (Fsp3) is 0.286. The van der Waals surface area contributed by atoms with Crippen LogP contribution in [0.15, 0.2) is 30.3 Å². The van der Waals surface area contributed by atoms with E-state index < -0.39 is 6.61 Å². The smallest absolute Gasteiger partial charge is 0.387 e. The van der Waals surface area contributed by atoms with Crippen molar-refractivity contribution in [2.75, 3.05) is 0 Å². The van der Waals surface area contributed by atoms with Crippen molar-refractivity contribution in [3.8, 4) is 5.75 Å². The molecule has 0 N–H and O–H groups in total. The van der Waals surface area contributed by atoms with Crippen LogP contribution >= 0.6 is 27.3 Å². The third-order valence-corrected chi connectivity index (χ3v) is 4.73.